The lowest BCUT2D eigenvalue weighted by molar-refractivity contribution is 0.595. The molecule has 0 aromatic heterocycles. The molecule has 1 aromatic carbocycles. The lowest BCUT2D eigenvalue weighted by Crippen LogP contribution is -2.41. The Labute approximate surface area is 131 Å². The Morgan fingerprint density at radius 1 is 1.14 bits per heavy atom. The summed E-state index contributed by atoms with van der Waals surface area (Å²) in [6.45, 7) is 13.5. The zero-order valence-corrected chi connectivity index (χ0v) is 13.9. The summed E-state index contributed by atoms with van der Waals surface area (Å²) in [5.74, 6) is 0.0243. The van der Waals surface area contributed by atoms with Crippen LogP contribution in [0.3, 0.4) is 0 Å². The smallest absolute Gasteiger partial charge is 0.0976 e. The van der Waals surface area contributed by atoms with Gasteiger partial charge in [0, 0.05) is 12.0 Å². The molecule has 114 valence electrons. The molecule has 0 aliphatic carbocycles. The van der Waals surface area contributed by atoms with E-state index in [0.29, 0.717) is 0 Å². The predicted octanol–water partition coefficient (Wildman–Crippen LogP) is 4.11. The van der Waals surface area contributed by atoms with Crippen molar-refractivity contribution >= 4 is 17.1 Å². The first-order chi connectivity index (χ1) is 9.88. The Bertz CT molecular complexity index is 506. The molecule has 2 atom stereocenters. The molecule has 0 heterocycles. The van der Waals surface area contributed by atoms with E-state index in [1.165, 1.54) is 0 Å². The highest BCUT2D eigenvalue weighted by atomic mass is 32.2. The Morgan fingerprint density at radius 2 is 1.71 bits per heavy atom. The van der Waals surface area contributed by atoms with Crippen LogP contribution in [0, 0.1) is 5.92 Å². The number of benzene rings is 1. The van der Waals surface area contributed by atoms with Crippen molar-refractivity contribution in [1.82, 2.24) is 4.72 Å². The molecule has 0 fully saturated rings. The molecule has 0 aliphatic rings. The summed E-state index contributed by atoms with van der Waals surface area (Å²) in [7, 11) is -1.15. The molecule has 0 amide bonds. The summed E-state index contributed by atoms with van der Waals surface area (Å²) in [6.07, 6.45) is 7.68. The van der Waals surface area contributed by atoms with Gasteiger partial charge in [-0.25, -0.2) is 8.93 Å². The van der Waals surface area contributed by atoms with Crippen LogP contribution in [0.25, 0.3) is 6.08 Å². The van der Waals surface area contributed by atoms with Crippen LogP contribution in [0.5, 0.6) is 0 Å². The zero-order valence-electron chi connectivity index (χ0n) is 13.1. The topological polar surface area (TPSA) is 29.1 Å². The summed E-state index contributed by atoms with van der Waals surface area (Å²) >= 11 is 0. The molecule has 3 heteroatoms. The maximum absolute atomic E-state index is 12.3. The molecule has 1 N–H and O–H groups in total. The Morgan fingerprint density at radius 3 is 2.19 bits per heavy atom. The Hall–Kier alpha value is -1.45. The molecule has 0 saturated heterocycles. The summed E-state index contributed by atoms with van der Waals surface area (Å²) in [5.41, 5.74) is 1.11. The van der Waals surface area contributed by atoms with Gasteiger partial charge in [0.05, 0.1) is 15.7 Å². The maximum atomic E-state index is 12.3. The van der Waals surface area contributed by atoms with Crippen molar-refractivity contribution in [3.05, 3.63) is 67.3 Å². The third-order valence-corrected chi connectivity index (χ3v) is 4.65. The fourth-order valence-electron chi connectivity index (χ4n) is 1.71. The van der Waals surface area contributed by atoms with E-state index in [1.807, 2.05) is 75.4 Å². The molecule has 0 bridgehead atoms. The van der Waals surface area contributed by atoms with Crippen LogP contribution in [-0.4, -0.2) is 15.0 Å². The molecule has 2 nitrogen and oxygen atoms in total. The molecular weight excluding hydrogens is 278 g/mol. The monoisotopic (exact) mass is 303 g/mol. The van der Waals surface area contributed by atoms with Gasteiger partial charge in [0.1, 0.15) is 0 Å². The highest BCUT2D eigenvalue weighted by molar-refractivity contribution is 7.84. The second-order valence-electron chi connectivity index (χ2n) is 5.84. The quantitative estimate of drug-likeness (QED) is 0.755. The van der Waals surface area contributed by atoms with Gasteiger partial charge in [-0.1, -0.05) is 54.6 Å². The summed E-state index contributed by atoms with van der Waals surface area (Å²) < 4.78 is 15.2. The van der Waals surface area contributed by atoms with Gasteiger partial charge in [-0.3, -0.25) is 0 Å². The van der Waals surface area contributed by atoms with E-state index in [4.69, 9.17) is 0 Å². The highest BCUT2D eigenvalue weighted by Crippen LogP contribution is 2.15. The molecular formula is C18H25NOS. The van der Waals surface area contributed by atoms with Gasteiger partial charge in [0.15, 0.2) is 0 Å². The van der Waals surface area contributed by atoms with Crippen LogP contribution in [0.2, 0.25) is 0 Å². The van der Waals surface area contributed by atoms with Crippen molar-refractivity contribution in [2.75, 3.05) is 0 Å². The van der Waals surface area contributed by atoms with Crippen LogP contribution < -0.4 is 4.72 Å². The number of rotatable bonds is 7. The maximum Gasteiger partial charge on any atom is 0.0976 e. The van der Waals surface area contributed by atoms with Gasteiger partial charge < -0.3 is 0 Å². The van der Waals surface area contributed by atoms with Crippen molar-refractivity contribution in [3.8, 4) is 0 Å². The van der Waals surface area contributed by atoms with Crippen molar-refractivity contribution in [1.29, 1.82) is 0 Å². The minimum Gasteiger partial charge on any atom is -0.242 e. The molecule has 0 aliphatic heterocycles. The molecule has 1 rings (SSSR count). The number of nitrogens with one attached hydrogen (secondary N) is 1. The van der Waals surface area contributed by atoms with Crippen molar-refractivity contribution in [3.63, 3.8) is 0 Å². The first-order valence-electron chi connectivity index (χ1n) is 7.05. The van der Waals surface area contributed by atoms with Crippen LogP contribution in [0.4, 0.5) is 0 Å². The fraction of sp³-hybridized carbons (Fsp3) is 0.333. The highest BCUT2D eigenvalue weighted by Gasteiger charge is 2.24. The van der Waals surface area contributed by atoms with E-state index in [0.717, 1.165) is 5.56 Å². The minimum absolute atomic E-state index is 0.0243. The summed E-state index contributed by atoms with van der Waals surface area (Å²) in [5, 5.41) is 0. The lowest BCUT2D eigenvalue weighted by atomic mass is 10.00. The Kier molecular flexibility index (Phi) is 6.79. The zero-order chi connectivity index (χ0) is 15.9. The standard InChI is InChI=1S/C18H25NOS/c1-6-16(7-2)17(19-21(20)18(3,4)5)14-13-15-11-9-8-10-12-15/h6-14,16-17,19H,1-2H2,3-5H3/b14-13+/t17-,21?/m1/s1. The normalized spacial score (nSPS) is 15.0. The SMILES string of the molecule is C=CC(C=C)[C@@H](/C=C/c1ccccc1)NS(=O)C(C)(C)C. The number of hydrogen-bond donors (Lipinski definition) is 1. The lowest BCUT2D eigenvalue weighted by Gasteiger charge is -2.25. The van der Waals surface area contributed by atoms with E-state index in [1.54, 1.807) is 0 Å². The van der Waals surface area contributed by atoms with Crippen molar-refractivity contribution < 1.29 is 4.21 Å². The Balaban J connectivity index is 2.92. The van der Waals surface area contributed by atoms with Gasteiger partial charge in [0.2, 0.25) is 0 Å². The van der Waals surface area contributed by atoms with Crippen LogP contribution in [0.1, 0.15) is 26.3 Å². The van der Waals surface area contributed by atoms with Crippen LogP contribution in [0.15, 0.2) is 61.7 Å². The van der Waals surface area contributed by atoms with Crippen LogP contribution >= 0.6 is 0 Å². The predicted molar refractivity (Wildman–Crippen MR) is 94.2 cm³/mol. The van der Waals surface area contributed by atoms with Gasteiger partial charge >= 0.3 is 0 Å². The molecule has 21 heavy (non-hydrogen) atoms. The average Bonchev–Trinajstić information content (AvgIpc) is 2.45. The van der Waals surface area contributed by atoms with Gasteiger partial charge in [-0.2, -0.15) is 0 Å². The molecule has 1 unspecified atom stereocenters. The summed E-state index contributed by atoms with van der Waals surface area (Å²) in [6, 6.07) is 9.94. The summed E-state index contributed by atoms with van der Waals surface area (Å²) in [4.78, 5) is 0. The second kappa shape index (κ2) is 8.11. The van der Waals surface area contributed by atoms with Crippen molar-refractivity contribution in [2.45, 2.75) is 31.6 Å². The molecule has 0 radical (unpaired) electrons. The average molecular weight is 303 g/mol. The van der Waals surface area contributed by atoms with E-state index in [9.17, 15) is 4.21 Å². The first kappa shape index (κ1) is 17.6. The fourth-order valence-corrected chi connectivity index (χ4v) is 2.55. The van der Waals surface area contributed by atoms with E-state index in [2.05, 4.69) is 17.9 Å². The largest absolute Gasteiger partial charge is 0.242 e. The van der Waals surface area contributed by atoms with E-state index < -0.39 is 11.0 Å². The molecule has 0 saturated carbocycles. The third kappa shape index (κ3) is 5.82. The number of hydrogen-bond acceptors (Lipinski definition) is 1. The van der Waals surface area contributed by atoms with Gasteiger partial charge in [-0.15, -0.1) is 13.2 Å². The molecule has 1 aromatic rings. The molecule has 0 spiro atoms. The van der Waals surface area contributed by atoms with E-state index >= 15 is 0 Å². The van der Waals surface area contributed by atoms with Crippen LogP contribution in [-0.2, 0) is 11.0 Å². The van der Waals surface area contributed by atoms with E-state index in [-0.39, 0.29) is 16.7 Å². The van der Waals surface area contributed by atoms with Crippen molar-refractivity contribution in [2.24, 2.45) is 5.92 Å². The second-order valence-corrected chi connectivity index (χ2v) is 7.84. The van der Waals surface area contributed by atoms with Gasteiger partial charge in [0.25, 0.3) is 0 Å². The third-order valence-electron chi connectivity index (χ3n) is 3.05. The minimum atomic E-state index is -1.15. The first-order valence-corrected chi connectivity index (χ1v) is 8.20. The van der Waals surface area contributed by atoms with Gasteiger partial charge in [-0.05, 0) is 26.3 Å².